The van der Waals surface area contributed by atoms with E-state index >= 15 is 0 Å². The minimum Gasteiger partial charge on any atom is -0.333 e. The van der Waals surface area contributed by atoms with Crippen molar-refractivity contribution in [2.75, 3.05) is 6.54 Å². The third-order valence-electron chi connectivity index (χ3n) is 4.82. The van der Waals surface area contributed by atoms with Crippen LogP contribution in [0.25, 0.3) is 0 Å². The van der Waals surface area contributed by atoms with E-state index in [9.17, 15) is 0 Å². The molecule has 3 nitrogen and oxygen atoms in total. The molecule has 1 heterocycles. The van der Waals surface area contributed by atoms with Crippen molar-refractivity contribution < 1.29 is 0 Å². The molecule has 21 heavy (non-hydrogen) atoms. The number of rotatable bonds is 11. The van der Waals surface area contributed by atoms with Gasteiger partial charge in [-0.25, -0.2) is 4.98 Å². The highest BCUT2D eigenvalue weighted by Crippen LogP contribution is 2.29. The van der Waals surface area contributed by atoms with Crippen LogP contribution in [0.4, 0.5) is 0 Å². The third-order valence-corrected chi connectivity index (χ3v) is 4.82. The molecular weight excluding hydrogens is 258 g/mol. The lowest BCUT2D eigenvalue weighted by atomic mass is 10.1. The van der Waals surface area contributed by atoms with Crippen LogP contribution < -0.4 is 5.32 Å². The fourth-order valence-corrected chi connectivity index (χ4v) is 3.55. The van der Waals surface area contributed by atoms with E-state index in [4.69, 9.17) is 0 Å². The van der Waals surface area contributed by atoms with Gasteiger partial charge in [-0.05, 0) is 32.2 Å². The first kappa shape index (κ1) is 16.5. The maximum absolute atomic E-state index is 4.19. The van der Waals surface area contributed by atoms with E-state index < -0.39 is 0 Å². The summed E-state index contributed by atoms with van der Waals surface area (Å²) < 4.78 is 2.29. The number of imidazole rings is 1. The third kappa shape index (κ3) is 5.82. The smallest absolute Gasteiger partial charge is 0.0949 e. The summed E-state index contributed by atoms with van der Waals surface area (Å²) in [5.41, 5.74) is 0. The summed E-state index contributed by atoms with van der Waals surface area (Å²) in [6.45, 7) is 3.47. The monoisotopic (exact) mass is 291 g/mol. The van der Waals surface area contributed by atoms with Crippen molar-refractivity contribution in [2.45, 2.75) is 89.6 Å². The van der Waals surface area contributed by atoms with Crippen LogP contribution in [-0.4, -0.2) is 22.1 Å². The van der Waals surface area contributed by atoms with E-state index in [1.807, 2.05) is 12.5 Å². The second kappa shape index (κ2) is 9.99. The van der Waals surface area contributed by atoms with E-state index in [0.717, 1.165) is 0 Å². The van der Waals surface area contributed by atoms with Crippen molar-refractivity contribution in [1.29, 1.82) is 0 Å². The molecule has 0 spiro atoms. The fraction of sp³-hybridized carbons (Fsp3) is 0.833. The molecule has 120 valence electrons. The molecule has 2 unspecified atom stereocenters. The lowest BCUT2D eigenvalue weighted by Gasteiger charge is -2.22. The maximum Gasteiger partial charge on any atom is 0.0949 e. The molecule has 0 radical (unpaired) electrons. The van der Waals surface area contributed by atoms with Crippen LogP contribution in [-0.2, 0) is 0 Å². The van der Waals surface area contributed by atoms with Crippen molar-refractivity contribution in [3.63, 3.8) is 0 Å². The van der Waals surface area contributed by atoms with Crippen LogP contribution >= 0.6 is 0 Å². The maximum atomic E-state index is 4.19. The first-order valence-corrected chi connectivity index (χ1v) is 9.12. The molecule has 0 aliphatic heterocycles. The minimum absolute atomic E-state index is 0.626. The van der Waals surface area contributed by atoms with Crippen molar-refractivity contribution in [1.82, 2.24) is 14.9 Å². The Morgan fingerprint density at radius 3 is 2.52 bits per heavy atom. The lowest BCUT2D eigenvalue weighted by molar-refractivity contribution is 0.387. The molecule has 1 aliphatic rings. The Bertz CT molecular complexity index is 347. The fourth-order valence-electron chi connectivity index (χ4n) is 3.55. The molecular formula is C18H33N3. The molecule has 1 aromatic heterocycles. The van der Waals surface area contributed by atoms with E-state index in [-0.39, 0.29) is 0 Å². The average molecular weight is 291 g/mol. The van der Waals surface area contributed by atoms with Gasteiger partial charge in [0.2, 0.25) is 0 Å². The predicted octanol–water partition coefficient (Wildman–Crippen LogP) is 4.71. The normalized spacial score (nSPS) is 22.0. The van der Waals surface area contributed by atoms with Gasteiger partial charge >= 0.3 is 0 Å². The Balaban J connectivity index is 1.50. The van der Waals surface area contributed by atoms with Crippen LogP contribution in [0.1, 0.15) is 83.6 Å². The second-order valence-corrected chi connectivity index (χ2v) is 6.54. The zero-order valence-corrected chi connectivity index (χ0v) is 13.8. The van der Waals surface area contributed by atoms with Crippen molar-refractivity contribution >= 4 is 0 Å². The number of nitrogens with one attached hydrogen (secondary N) is 1. The Kier molecular flexibility index (Phi) is 7.87. The summed E-state index contributed by atoms with van der Waals surface area (Å²) >= 11 is 0. The summed E-state index contributed by atoms with van der Waals surface area (Å²) in [6.07, 6.45) is 21.2. The summed E-state index contributed by atoms with van der Waals surface area (Å²) in [5, 5.41) is 3.78. The van der Waals surface area contributed by atoms with Crippen LogP contribution in [0.5, 0.6) is 0 Å². The Morgan fingerprint density at radius 1 is 1.05 bits per heavy atom. The van der Waals surface area contributed by atoms with Crippen LogP contribution in [0, 0.1) is 0 Å². The number of hydrogen-bond acceptors (Lipinski definition) is 2. The Hall–Kier alpha value is -0.830. The van der Waals surface area contributed by atoms with Gasteiger partial charge in [0.05, 0.1) is 6.33 Å². The molecule has 0 aromatic carbocycles. The molecule has 1 fully saturated rings. The Morgan fingerprint density at radius 2 is 1.81 bits per heavy atom. The minimum atomic E-state index is 0.626. The van der Waals surface area contributed by atoms with Gasteiger partial charge in [-0.3, -0.25) is 0 Å². The van der Waals surface area contributed by atoms with E-state index in [0.29, 0.717) is 12.1 Å². The molecule has 1 aliphatic carbocycles. The van der Waals surface area contributed by atoms with Gasteiger partial charge in [-0.15, -0.1) is 0 Å². The molecule has 1 saturated carbocycles. The molecule has 2 atom stereocenters. The summed E-state index contributed by atoms with van der Waals surface area (Å²) in [5.74, 6) is 0. The van der Waals surface area contributed by atoms with Gasteiger partial charge < -0.3 is 9.88 Å². The van der Waals surface area contributed by atoms with Crippen LogP contribution in [0.2, 0.25) is 0 Å². The summed E-state index contributed by atoms with van der Waals surface area (Å²) in [6, 6.07) is 1.28. The summed E-state index contributed by atoms with van der Waals surface area (Å²) in [4.78, 5) is 4.19. The van der Waals surface area contributed by atoms with Crippen LogP contribution in [0.15, 0.2) is 18.7 Å². The highest BCUT2D eigenvalue weighted by atomic mass is 15.1. The SMILES string of the molecule is CCCCCCCCCCNC1CCCC1n1ccnc1. The van der Waals surface area contributed by atoms with Gasteiger partial charge in [0.25, 0.3) is 0 Å². The molecule has 2 rings (SSSR count). The quantitative estimate of drug-likeness (QED) is 0.599. The van der Waals surface area contributed by atoms with E-state index in [1.165, 1.54) is 77.2 Å². The van der Waals surface area contributed by atoms with Crippen molar-refractivity contribution in [3.05, 3.63) is 18.7 Å². The van der Waals surface area contributed by atoms with E-state index in [2.05, 4.69) is 28.0 Å². The molecule has 0 saturated heterocycles. The second-order valence-electron chi connectivity index (χ2n) is 6.54. The van der Waals surface area contributed by atoms with Gasteiger partial charge in [0.15, 0.2) is 0 Å². The van der Waals surface area contributed by atoms with Gasteiger partial charge in [0, 0.05) is 24.5 Å². The zero-order chi connectivity index (χ0) is 14.8. The van der Waals surface area contributed by atoms with Gasteiger partial charge in [0.1, 0.15) is 0 Å². The molecule has 1 N–H and O–H groups in total. The van der Waals surface area contributed by atoms with Crippen molar-refractivity contribution in [2.24, 2.45) is 0 Å². The number of hydrogen-bond donors (Lipinski definition) is 1. The first-order valence-electron chi connectivity index (χ1n) is 9.12. The first-order chi connectivity index (χ1) is 10.4. The zero-order valence-electron chi connectivity index (χ0n) is 13.8. The van der Waals surface area contributed by atoms with Crippen LogP contribution in [0.3, 0.4) is 0 Å². The Labute approximate surface area is 130 Å². The topological polar surface area (TPSA) is 29.9 Å². The predicted molar refractivity (Wildman–Crippen MR) is 89.5 cm³/mol. The molecule has 3 heteroatoms. The molecule has 0 bridgehead atoms. The highest BCUT2D eigenvalue weighted by Gasteiger charge is 2.27. The van der Waals surface area contributed by atoms with E-state index in [1.54, 1.807) is 0 Å². The highest BCUT2D eigenvalue weighted by molar-refractivity contribution is 4.91. The van der Waals surface area contributed by atoms with Crippen molar-refractivity contribution in [3.8, 4) is 0 Å². The standard InChI is InChI=1S/C18H33N3/c1-2-3-4-5-6-7-8-9-13-20-17-11-10-12-18(17)21-15-14-19-16-21/h14-18,20H,2-13H2,1H3. The van der Waals surface area contributed by atoms with Gasteiger partial charge in [-0.2, -0.15) is 0 Å². The molecule has 0 amide bonds. The number of unbranched alkanes of at least 4 members (excludes halogenated alkanes) is 7. The lowest BCUT2D eigenvalue weighted by Crippen LogP contribution is -2.34. The molecule has 1 aromatic rings. The number of nitrogens with zero attached hydrogens (tertiary/aromatic N) is 2. The largest absolute Gasteiger partial charge is 0.333 e. The summed E-state index contributed by atoms with van der Waals surface area (Å²) in [7, 11) is 0. The average Bonchev–Trinajstić information content (AvgIpc) is 3.16. The number of aromatic nitrogens is 2. The van der Waals surface area contributed by atoms with Gasteiger partial charge in [-0.1, -0.05) is 51.9 Å².